The van der Waals surface area contributed by atoms with Crippen molar-refractivity contribution in [1.29, 1.82) is 5.26 Å². The van der Waals surface area contributed by atoms with E-state index in [-0.39, 0.29) is 23.7 Å². The zero-order valence-electron chi connectivity index (χ0n) is 16.7. The average Bonchev–Trinajstić information content (AvgIpc) is 3.29. The Morgan fingerprint density at radius 3 is 2.67 bits per heavy atom. The van der Waals surface area contributed by atoms with Gasteiger partial charge in [0.2, 0.25) is 0 Å². The lowest BCUT2D eigenvalue weighted by Crippen LogP contribution is -2.36. The maximum Gasteiger partial charge on any atom is 0.276 e. The van der Waals surface area contributed by atoms with Crippen LogP contribution in [0.15, 0.2) is 18.5 Å². The number of likely N-dealkylation sites (tertiary alicyclic amines) is 1. The minimum absolute atomic E-state index is 0.104. The van der Waals surface area contributed by atoms with E-state index in [0.717, 1.165) is 51.6 Å². The van der Waals surface area contributed by atoms with Crippen LogP contribution in [0.3, 0.4) is 0 Å². The number of rotatable bonds is 5. The number of nitrogens with zero attached hydrogens (tertiary/aromatic N) is 6. The predicted molar refractivity (Wildman–Crippen MR) is 111 cm³/mol. The van der Waals surface area contributed by atoms with Crippen molar-refractivity contribution in [3.63, 3.8) is 0 Å². The molecule has 4 rings (SSSR count). The van der Waals surface area contributed by atoms with Crippen LogP contribution in [0, 0.1) is 11.3 Å². The molecule has 156 valence electrons. The third-order valence-corrected chi connectivity index (χ3v) is 5.49. The number of hydrogen-bond acceptors (Lipinski definition) is 9. The summed E-state index contributed by atoms with van der Waals surface area (Å²) < 4.78 is 0. The van der Waals surface area contributed by atoms with Gasteiger partial charge in [0.25, 0.3) is 5.91 Å². The van der Waals surface area contributed by atoms with E-state index in [4.69, 9.17) is 11.0 Å². The number of aromatic nitrogens is 4. The van der Waals surface area contributed by atoms with Crippen molar-refractivity contribution in [2.75, 3.05) is 23.7 Å². The molecule has 3 heterocycles. The fraction of sp³-hybridized carbons (Fsp3) is 0.500. The van der Waals surface area contributed by atoms with Gasteiger partial charge in [0, 0.05) is 31.2 Å². The summed E-state index contributed by atoms with van der Waals surface area (Å²) in [5.41, 5.74) is 7.34. The summed E-state index contributed by atoms with van der Waals surface area (Å²) in [6.45, 7) is 1.49. The molecule has 1 aliphatic carbocycles. The summed E-state index contributed by atoms with van der Waals surface area (Å²) in [5.74, 6) is 0.773. The van der Waals surface area contributed by atoms with Crippen molar-refractivity contribution in [2.45, 2.75) is 50.6 Å². The van der Waals surface area contributed by atoms with Gasteiger partial charge in [-0.15, -0.1) is 10.2 Å². The molecule has 1 saturated carbocycles. The zero-order valence-corrected chi connectivity index (χ0v) is 16.7. The van der Waals surface area contributed by atoms with Gasteiger partial charge in [-0.25, -0.2) is 9.97 Å². The zero-order chi connectivity index (χ0) is 20.9. The van der Waals surface area contributed by atoms with Gasteiger partial charge in [0.05, 0.1) is 18.1 Å². The Balaban J connectivity index is 1.58. The number of hydrogen-bond donors (Lipinski definition) is 3. The van der Waals surface area contributed by atoms with Crippen molar-refractivity contribution in [3.05, 3.63) is 29.8 Å². The maximum absolute atomic E-state index is 13.0. The Bertz CT molecular complexity index is 934. The number of nitrogens with one attached hydrogen (secondary N) is 2. The standard InChI is InChI=1S/C20H25N9O/c21-10-15-11-24-18(12-23-15)26-17-9-16(25-14-5-3-4-13(22)8-14)19(28-27-17)20(30)29-6-1-2-7-29/h9,11-14H,1-8,22H2,(H2,24,25,26,27). The van der Waals surface area contributed by atoms with E-state index < -0.39 is 0 Å². The van der Waals surface area contributed by atoms with Gasteiger partial charge >= 0.3 is 0 Å². The number of carbonyl (C=O) groups is 1. The highest BCUT2D eigenvalue weighted by molar-refractivity contribution is 5.98. The van der Waals surface area contributed by atoms with Crippen LogP contribution in [0.25, 0.3) is 0 Å². The summed E-state index contributed by atoms with van der Waals surface area (Å²) in [6.07, 6.45) is 8.78. The third-order valence-electron chi connectivity index (χ3n) is 5.49. The van der Waals surface area contributed by atoms with Crippen LogP contribution in [0.1, 0.15) is 54.7 Å². The van der Waals surface area contributed by atoms with Crippen LogP contribution in [-0.2, 0) is 0 Å². The summed E-state index contributed by atoms with van der Waals surface area (Å²) in [4.78, 5) is 23.0. The number of carbonyl (C=O) groups excluding carboxylic acids is 1. The highest BCUT2D eigenvalue weighted by Gasteiger charge is 2.26. The molecule has 0 aromatic carbocycles. The van der Waals surface area contributed by atoms with Crippen LogP contribution < -0.4 is 16.4 Å². The first-order valence-corrected chi connectivity index (χ1v) is 10.3. The molecule has 0 bridgehead atoms. The Kier molecular flexibility index (Phi) is 5.99. The molecule has 2 unspecified atom stereocenters. The van der Waals surface area contributed by atoms with Crippen molar-refractivity contribution >= 4 is 23.2 Å². The van der Waals surface area contributed by atoms with Gasteiger partial charge in [-0.05, 0) is 38.5 Å². The Morgan fingerprint density at radius 2 is 1.97 bits per heavy atom. The number of nitrogens with two attached hydrogens (primary N) is 1. The van der Waals surface area contributed by atoms with Gasteiger partial charge in [0.15, 0.2) is 17.2 Å². The van der Waals surface area contributed by atoms with Crippen molar-refractivity contribution in [1.82, 2.24) is 25.1 Å². The molecule has 0 spiro atoms. The van der Waals surface area contributed by atoms with Crippen molar-refractivity contribution < 1.29 is 4.79 Å². The fourth-order valence-corrected chi connectivity index (χ4v) is 3.95. The molecule has 0 radical (unpaired) electrons. The van der Waals surface area contributed by atoms with E-state index in [1.165, 1.54) is 12.4 Å². The summed E-state index contributed by atoms with van der Waals surface area (Å²) in [6, 6.07) is 4.05. The second-order valence-electron chi connectivity index (χ2n) is 7.78. The van der Waals surface area contributed by atoms with E-state index >= 15 is 0 Å². The monoisotopic (exact) mass is 407 g/mol. The molecule has 10 heteroatoms. The first-order valence-electron chi connectivity index (χ1n) is 10.3. The lowest BCUT2D eigenvalue weighted by molar-refractivity contribution is 0.0787. The molecule has 1 saturated heterocycles. The normalized spacial score (nSPS) is 21.1. The SMILES string of the molecule is N#Cc1cnc(Nc2cc(NC3CCCC(N)C3)c(C(=O)N3CCCC3)nn2)cn1. The fourth-order valence-electron chi connectivity index (χ4n) is 3.95. The van der Waals surface area contributed by atoms with Gasteiger partial charge in [-0.2, -0.15) is 5.26 Å². The number of anilines is 3. The van der Waals surface area contributed by atoms with Crippen LogP contribution in [0.2, 0.25) is 0 Å². The number of nitriles is 1. The lowest BCUT2D eigenvalue weighted by Gasteiger charge is -2.29. The van der Waals surface area contributed by atoms with Crippen molar-refractivity contribution in [2.24, 2.45) is 5.73 Å². The topological polar surface area (TPSA) is 146 Å². The van der Waals surface area contributed by atoms with E-state index in [0.29, 0.717) is 23.0 Å². The van der Waals surface area contributed by atoms with Gasteiger partial charge in [0.1, 0.15) is 11.9 Å². The van der Waals surface area contributed by atoms with Crippen LogP contribution in [-0.4, -0.2) is 56.1 Å². The van der Waals surface area contributed by atoms with E-state index in [1.54, 1.807) is 6.07 Å². The van der Waals surface area contributed by atoms with Gasteiger partial charge < -0.3 is 21.3 Å². The molecule has 30 heavy (non-hydrogen) atoms. The van der Waals surface area contributed by atoms with Gasteiger partial charge in [-0.3, -0.25) is 4.79 Å². The molecule has 2 aromatic rings. The van der Waals surface area contributed by atoms with E-state index in [2.05, 4.69) is 30.8 Å². The maximum atomic E-state index is 13.0. The molecule has 10 nitrogen and oxygen atoms in total. The first kappa shape index (κ1) is 20.0. The average molecular weight is 407 g/mol. The minimum atomic E-state index is -0.104. The minimum Gasteiger partial charge on any atom is -0.380 e. The van der Waals surface area contributed by atoms with E-state index in [9.17, 15) is 4.79 Å². The molecule has 2 aliphatic rings. The largest absolute Gasteiger partial charge is 0.380 e. The summed E-state index contributed by atoms with van der Waals surface area (Å²) in [5, 5.41) is 23.8. The molecule has 2 fully saturated rings. The summed E-state index contributed by atoms with van der Waals surface area (Å²) >= 11 is 0. The third kappa shape index (κ3) is 4.63. The molecule has 2 aromatic heterocycles. The van der Waals surface area contributed by atoms with Crippen molar-refractivity contribution in [3.8, 4) is 6.07 Å². The second kappa shape index (κ2) is 9.00. The molecular formula is C20H25N9O. The molecule has 1 aliphatic heterocycles. The van der Waals surface area contributed by atoms with Crippen LogP contribution >= 0.6 is 0 Å². The van der Waals surface area contributed by atoms with Crippen LogP contribution in [0.5, 0.6) is 0 Å². The quantitative estimate of drug-likeness (QED) is 0.675. The second-order valence-corrected chi connectivity index (χ2v) is 7.78. The predicted octanol–water partition coefficient (Wildman–Crippen LogP) is 1.80. The number of amides is 1. The first-order chi connectivity index (χ1) is 14.6. The van der Waals surface area contributed by atoms with Crippen LogP contribution in [0.4, 0.5) is 17.3 Å². The molecule has 2 atom stereocenters. The van der Waals surface area contributed by atoms with E-state index in [1.807, 2.05) is 11.0 Å². The molecular weight excluding hydrogens is 382 g/mol. The Hall–Kier alpha value is -3.32. The molecule has 1 amide bonds. The molecule has 4 N–H and O–H groups in total. The highest BCUT2D eigenvalue weighted by Crippen LogP contribution is 2.26. The highest BCUT2D eigenvalue weighted by atomic mass is 16.2. The Morgan fingerprint density at radius 1 is 1.13 bits per heavy atom. The summed E-state index contributed by atoms with van der Waals surface area (Å²) in [7, 11) is 0. The lowest BCUT2D eigenvalue weighted by atomic mass is 9.91. The Labute approximate surface area is 174 Å². The smallest absolute Gasteiger partial charge is 0.276 e. The van der Waals surface area contributed by atoms with Gasteiger partial charge in [-0.1, -0.05) is 0 Å².